The topological polar surface area (TPSA) is 58.6 Å². The van der Waals surface area contributed by atoms with Crippen molar-refractivity contribution >= 4 is 17.5 Å². The lowest BCUT2D eigenvalue weighted by Crippen LogP contribution is -2.36. The van der Waals surface area contributed by atoms with E-state index in [1.165, 1.54) is 25.1 Å². The van der Waals surface area contributed by atoms with E-state index in [0.717, 1.165) is 0 Å². The van der Waals surface area contributed by atoms with Crippen molar-refractivity contribution in [2.24, 2.45) is 0 Å². The van der Waals surface area contributed by atoms with Gasteiger partial charge in [0.1, 0.15) is 12.3 Å². The second-order valence-corrected chi connectivity index (χ2v) is 4.48. The molecule has 4 nitrogen and oxygen atoms in total. The maximum atomic E-state index is 11.9. The zero-order chi connectivity index (χ0) is 15.3. The molecule has 1 rings (SSSR count). The number of carbonyl (C=O) groups excluding carboxylic acids is 1. The maximum Gasteiger partial charge on any atom is 0.405 e. The molecule has 0 aliphatic carbocycles. The fraction of sp³-hybridized carbons (Fsp3) is 0.417. The molecular formula is C12H13ClF3NO3. The van der Waals surface area contributed by atoms with Crippen molar-refractivity contribution in [1.82, 2.24) is 5.32 Å². The molecule has 1 unspecified atom stereocenters. The first-order chi connectivity index (χ1) is 9.19. The first-order valence-electron chi connectivity index (χ1n) is 5.63. The molecule has 0 saturated heterocycles. The van der Waals surface area contributed by atoms with Crippen molar-refractivity contribution in [3.63, 3.8) is 0 Å². The molecule has 0 fully saturated rings. The summed E-state index contributed by atoms with van der Waals surface area (Å²) in [4.78, 5) is 11.2. The number of nitrogens with one attached hydrogen (secondary N) is 1. The van der Waals surface area contributed by atoms with Gasteiger partial charge in [-0.15, -0.1) is 0 Å². The summed E-state index contributed by atoms with van der Waals surface area (Å²) in [5.74, 6) is -0.722. The van der Waals surface area contributed by atoms with Gasteiger partial charge in [-0.25, -0.2) is 0 Å². The zero-order valence-electron chi connectivity index (χ0n) is 10.5. The molecule has 0 aliphatic heterocycles. The van der Waals surface area contributed by atoms with Gasteiger partial charge in [-0.2, -0.15) is 13.2 Å². The fourth-order valence-electron chi connectivity index (χ4n) is 1.37. The first-order valence-corrected chi connectivity index (χ1v) is 6.00. The molecule has 2 N–H and O–H groups in total. The van der Waals surface area contributed by atoms with Crippen LogP contribution >= 0.6 is 11.6 Å². The Morgan fingerprint density at radius 2 is 2.15 bits per heavy atom. The van der Waals surface area contributed by atoms with Gasteiger partial charge in [0, 0.05) is 10.6 Å². The summed E-state index contributed by atoms with van der Waals surface area (Å²) in [6.45, 7) is -0.529. The number of aliphatic hydroxyl groups excluding tert-OH is 1. The molecule has 1 aromatic rings. The third-order valence-electron chi connectivity index (χ3n) is 2.27. The number of benzene rings is 1. The largest absolute Gasteiger partial charge is 0.483 e. The number of carbonyl (C=O) groups is 1. The van der Waals surface area contributed by atoms with Crippen LogP contribution < -0.4 is 10.1 Å². The second-order valence-electron chi connectivity index (χ2n) is 4.04. The summed E-state index contributed by atoms with van der Waals surface area (Å²) in [5, 5.41) is 11.6. The molecule has 1 amide bonds. The van der Waals surface area contributed by atoms with Gasteiger partial charge in [-0.05, 0) is 25.1 Å². The molecule has 1 aromatic carbocycles. The summed E-state index contributed by atoms with van der Waals surface area (Å²) in [6.07, 6.45) is -5.36. The Bertz CT molecular complexity index is 478. The minimum atomic E-state index is -4.47. The van der Waals surface area contributed by atoms with Crippen molar-refractivity contribution in [1.29, 1.82) is 0 Å². The highest BCUT2D eigenvalue weighted by Crippen LogP contribution is 2.28. The monoisotopic (exact) mass is 311 g/mol. The van der Waals surface area contributed by atoms with Gasteiger partial charge in [0.05, 0.1) is 6.10 Å². The molecular weight excluding hydrogens is 299 g/mol. The van der Waals surface area contributed by atoms with E-state index < -0.39 is 31.3 Å². The van der Waals surface area contributed by atoms with E-state index in [1.54, 1.807) is 5.32 Å². The Morgan fingerprint density at radius 1 is 1.50 bits per heavy atom. The highest BCUT2D eigenvalue weighted by molar-refractivity contribution is 6.30. The van der Waals surface area contributed by atoms with Gasteiger partial charge >= 0.3 is 6.18 Å². The Morgan fingerprint density at radius 3 is 2.70 bits per heavy atom. The van der Waals surface area contributed by atoms with Crippen LogP contribution in [0.5, 0.6) is 5.75 Å². The lowest BCUT2D eigenvalue weighted by atomic mass is 10.1. The molecule has 0 aromatic heterocycles. The molecule has 0 spiro atoms. The van der Waals surface area contributed by atoms with Crippen LogP contribution in [0.3, 0.4) is 0 Å². The number of hydrogen-bond acceptors (Lipinski definition) is 3. The minimum Gasteiger partial charge on any atom is -0.483 e. The predicted molar refractivity (Wildman–Crippen MR) is 66.6 cm³/mol. The molecule has 0 radical (unpaired) electrons. The van der Waals surface area contributed by atoms with Gasteiger partial charge in [-0.1, -0.05) is 11.6 Å². The number of amides is 1. The summed E-state index contributed by atoms with van der Waals surface area (Å²) in [5.41, 5.74) is 0.348. The van der Waals surface area contributed by atoms with E-state index in [-0.39, 0.29) is 5.75 Å². The second kappa shape index (κ2) is 6.81. The van der Waals surface area contributed by atoms with Gasteiger partial charge in [0.25, 0.3) is 5.91 Å². The van der Waals surface area contributed by atoms with Crippen molar-refractivity contribution < 1.29 is 27.8 Å². The third kappa shape index (κ3) is 5.66. The van der Waals surface area contributed by atoms with Gasteiger partial charge in [0.15, 0.2) is 6.61 Å². The SMILES string of the molecule is CC(O)c1cc(Cl)ccc1OCC(=O)NCC(F)(F)F. The molecule has 0 saturated carbocycles. The van der Waals surface area contributed by atoms with E-state index in [9.17, 15) is 23.1 Å². The number of rotatable bonds is 5. The predicted octanol–water partition coefficient (Wildman–Crippen LogP) is 2.45. The van der Waals surface area contributed by atoms with E-state index in [0.29, 0.717) is 10.6 Å². The van der Waals surface area contributed by atoms with E-state index >= 15 is 0 Å². The van der Waals surface area contributed by atoms with Crippen LogP contribution in [0.25, 0.3) is 0 Å². The lowest BCUT2D eigenvalue weighted by Gasteiger charge is -2.14. The average Bonchev–Trinajstić information content (AvgIpc) is 2.33. The van der Waals surface area contributed by atoms with Crippen LogP contribution in [-0.2, 0) is 4.79 Å². The van der Waals surface area contributed by atoms with E-state index in [1.807, 2.05) is 0 Å². The van der Waals surface area contributed by atoms with Crippen molar-refractivity contribution in [2.75, 3.05) is 13.2 Å². The minimum absolute atomic E-state index is 0.187. The fourth-order valence-corrected chi connectivity index (χ4v) is 1.55. The normalized spacial score (nSPS) is 12.9. The first kappa shape index (κ1) is 16.6. The third-order valence-corrected chi connectivity index (χ3v) is 2.50. The highest BCUT2D eigenvalue weighted by atomic mass is 35.5. The quantitative estimate of drug-likeness (QED) is 0.878. The Labute approximate surface area is 118 Å². The average molecular weight is 312 g/mol. The smallest absolute Gasteiger partial charge is 0.405 e. The summed E-state index contributed by atoms with van der Waals surface area (Å²) < 4.78 is 40.8. The lowest BCUT2D eigenvalue weighted by molar-refractivity contribution is -0.139. The molecule has 0 aliphatic rings. The van der Waals surface area contributed by atoms with Gasteiger partial charge in [-0.3, -0.25) is 4.79 Å². The molecule has 0 heterocycles. The summed E-state index contributed by atoms with van der Waals surface area (Å²) >= 11 is 5.75. The molecule has 1 atom stereocenters. The highest BCUT2D eigenvalue weighted by Gasteiger charge is 2.27. The van der Waals surface area contributed by atoms with Crippen molar-refractivity contribution in [2.45, 2.75) is 19.2 Å². The molecule has 112 valence electrons. The molecule has 8 heteroatoms. The van der Waals surface area contributed by atoms with Crippen LogP contribution in [0.1, 0.15) is 18.6 Å². The van der Waals surface area contributed by atoms with Gasteiger partial charge < -0.3 is 15.2 Å². The number of halogens is 4. The molecule has 20 heavy (non-hydrogen) atoms. The molecule has 0 bridgehead atoms. The Kier molecular flexibility index (Phi) is 5.64. The van der Waals surface area contributed by atoms with Crippen LogP contribution in [0.2, 0.25) is 5.02 Å². The Hall–Kier alpha value is -1.47. The summed E-state index contributed by atoms with van der Waals surface area (Å²) in [7, 11) is 0. The van der Waals surface area contributed by atoms with E-state index in [4.69, 9.17) is 16.3 Å². The number of alkyl halides is 3. The van der Waals surface area contributed by atoms with Crippen LogP contribution in [0, 0.1) is 0 Å². The maximum absolute atomic E-state index is 11.9. The Balaban J connectivity index is 2.59. The van der Waals surface area contributed by atoms with Crippen LogP contribution in [0.4, 0.5) is 13.2 Å². The van der Waals surface area contributed by atoms with Crippen molar-refractivity contribution in [3.8, 4) is 5.75 Å². The number of aliphatic hydroxyl groups is 1. The standard InChI is InChI=1S/C12H13ClF3NO3/c1-7(18)9-4-8(13)2-3-10(9)20-5-11(19)17-6-12(14,15)16/h2-4,7,18H,5-6H2,1H3,(H,17,19). The van der Waals surface area contributed by atoms with Crippen molar-refractivity contribution in [3.05, 3.63) is 28.8 Å². The number of hydrogen-bond donors (Lipinski definition) is 2. The van der Waals surface area contributed by atoms with Crippen LogP contribution in [-0.4, -0.2) is 30.3 Å². The number of ether oxygens (including phenoxy) is 1. The summed E-state index contributed by atoms with van der Waals surface area (Å²) in [6, 6.07) is 4.37. The van der Waals surface area contributed by atoms with Gasteiger partial charge in [0.2, 0.25) is 0 Å². The van der Waals surface area contributed by atoms with E-state index in [2.05, 4.69) is 0 Å². The zero-order valence-corrected chi connectivity index (χ0v) is 11.3. The van der Waals surface area contributed by atoms with Crippen LogP contribution in [0.15, 0.2) is 18.2 Å².